The molecular formula is C21H24ClF3N6O. The minimum Gasteiger partial charge on any atom is -0.459 e. The summed E-state index contributed by atoms with van der Waals surface area (Å²) in [4.78, 5) is 8.95. The number of hydrogen-bond donors (Lipinski definition) is 2. The summed E-state index contributed by atoms with van der Waals surface area (Å²) < 4.78 is 47.9. The fourth-order valence-corrected chi connectivity index (χ4v) is 3.83. The van der Waals surface area contributed by atoms with Gasteiger partial charge >= 0.3 is 12.2 Å². The molecule has 0 aliphatic carbocycles. The maximum absolute atomic E-state index is 13.5. The number of nitrogens with one attached hydrogen (secondary N) is 2. The van der Waals surface area contributed by atoms with Crippen LogP contribution in [0.2, 0.25) is 5.02 Å². The summed E-state index contributed by atoms with van der Waals surface area (Å²) in [5.41, 5.74) is 0.702. The lowest BCUT2D eigenvalue weighted by Gasteiger charge is -2.23. The van der Waals surface area contributed by atoms with E-state index in [0.717, 1.165) is 31.0 Å². The predicted molar refractivity (Wildman–Crippen MR) is 115 cm³/mol. The minimum atomic E-state index is -4.53. The second kappa shape index (κ2) is 9.11. The van der Waals surface area contributed by atoms with Gasteiger partial charge in [0.15, 0.2) is 5.65 Å². The number of benzene rings is 1. The van der Waals surface area contributed by atoms with Crippen molar-refractivity contribution in [3.05, 3.63) is 46.1 Å². The van der Waals surface area contributed by atoms with Crippen molar-refractivity contribution in [2.45, 2.75) is 51.4 Å². The first kappa shape index (κ1) is 22.6. The number of piperidine rings is 1. The number of rotatable bonds is 6. The van der Waals surface area contributed by atoms with Crippen molar-refractivity contribution in [1.29, 1.82) is 0 Å². The summed E-state index contributed by atoms with van der Waals surface area (Å²) in [6, 6.07) is 3.87. The topological polar surface area (TPSA) is 76.4 Å². The molecule has 4 rings (SSSR count). The summed E-state index contributed by atoms with van der Waals surface area (Å²) >= 11 is 5.79. The van der Waals surface area contributed by atoms with E-state index in [0.29, 0.717) is 12.2 Å². The zero-order chi connectivity index (χ0) is 22.9. The molecule has 3 heterocycles. The fourth-order valence-electron chi connectivity index (χ4n) is 3.66. The molecule has 0 amide bonds. The number of ether oxygens (including phenoxy) is 1. The monoisotopic (exact) mass is 468 g/mol. The van der Waals surface area contributed by atoms with Crippen molar-refractivity contribution in [3.8, 4) is 6.01 Å². The summed E-state index contributed by atoms with van der Waals surface area (Å²) in [6.07, 6.45) is -1.05. The molecule has 7 nitrogen and oxygen atoms in total. The number of aromatic nitrogens is 4. The van der Waals surface area contributed by atoms with Crippen LogP contribution in [-0.2, 0) is 12.7 Å². The molecule has 2 N–H and O–H groups in total. The van der Waals surface area contributed by atoms with Gasteiger partial charge in [0.05, 0.1) is 11.8 Å². The van der Waals surface area contributed by atoms with Gasteiger partial charge < -0.3 is 15.4 Å². The third-order valence-corrected chi connectivity index (χ3v) is 5.57. The van der Waals surface area contributed by atoms with Gasteiger partial charge in [-0.3, -0.25) is 0 Å². The Bertz CT molecular complexity index is 1100. The van der Waals surface area contributed by atoms with Crippen molar-refractivity contribution < 1.29 is 17.9 Å². The first-order valence-electron chi connectivity index (χ1n) is 10.4. The van der Waals surface area contributed by atoms with E-state index in [4.69, 9.17) is 16.3 Å². The Kier molecular flexibility index (Phi) is 6.43. The van der Waals surface area contributed by atoms with Crippen LogP contribution in [0.25, 0.3) is 5.65 Å². The van der Waals surface area contributed by atoms with Crippen LogP contribution in [0.3, 0.4) is 0 Å². The zero-order valence-electron chi connectivity index (χ0n) is 17.7. The Morgan fingerprint density at radius 1 is 1.31 bits per heavy atom. The standard InChI is InChI=1S/C21H24ClF3N6O/c1-12(2)16-11-28-31-18(16)29-20(32-15-4-3-7-26-10-15)30-19(31)27-9-13-5-6-14(22)8-17(13)21(23,24)25/h5-6,8,11-12,15,26H,3-4,7,9-10H2,1-2H3,(H,27,29,30)/t15-/m1/s1. The average molecular weight is 469 g/mol. The van der Waals surface area contributed by atoms with Gasteiger partial charge in [-0.15, -0.1) is 0 Å². The van der Waals surface area contributed by atoms with E-state index in [1.54, 1.807) is 6.20 Å². The minimum absolute atomic E-state index is 0.0240. The molecular weight excluding hydrogens is 445 g/mol. The molecule has 1 atom stereocenters. The van der Waals surface area contributed by atoms with Crippen LogP contribution in [0.15, 0.2) is 24.4 Å². The smallest absolute Gasteiger partial charge is 0.416 e. The number of halogens is 4. The lowest BCUT2D eigenvalue weighted by Crippen LogP contribution is -2.37. The predicted octanol–water partition coefficient (Wildman–Crippen LogP) is 4.66. The molecule has 172 valence electrons. The third kappa shape index (κ3) is 4.91. The molecule has 1 aliphatic rings. The molecule has 0 radical (unpaired) electrons. The van der Waals surface area contributed by atoms with E-state index in [1.807, 2.05) is 13.8 Å². The van der Waals surface area contributed by atoms with E-state index in [-0.39, 0.29) is 41.1 Å². The third-order valence-electron chi connectivity index (χ3n) is 5.33. The second-order valence-corrected chi connectivity index (χ2v) is 8.50. The zero-order valence-corrected chi connectivity index (χ0v) is 18.5. The second-order valence-electron chi connectivity index (χ2n) is 8.06. The van der Waals surface area contributed by atoms with Crippen LogP contribution < -0.4 is 15.4 Å². The summed E-state index contributed by atoms with van der Waals surface area (Å²) in [6.45, 7) is 5.53. The molecule has 1 saturated heterocycles. The van der Waals surface area contributed by atoms with Crippen molar-refractivity contribution in [3.63, 3.8) is 0 Å². The lowest BCUT2D eigenvalue weighted by molar-refractivity contribution is -0.138. The molecule has 0 unspecified atom stereocenters. The highest BCUT2D eigenvalue weighted by atomic mass is 35.5. The lowest BCUT2D eigenvalue weighted by atomic mass is 10.1. The number of fused-ring (bicyclic) bond motifs is 1. The van der Waals surface area contributed by atoms with Crippen LogP contribution in [0.4, 0.5) is 19.1 Å². The van der Waals surface area contributed by atoms with Gasteiger partial charge in [-0.05, 0) is 43.0 Å². The van der Waals surface area contributed by atoms with E-state index in [1.165, 1.54) is 16.6 Å². The molecule has 2 aromatic heterocycles. The van der Waals surface area contributed by atoms with Gasteiger partial charge in [0.25, 0.3) is 0 Å². The van der Waals surface area contributed by atoms with Gasteiger partial charge in [-0.25, -0.2) is 0 Å². The Morgan fingerprint density at radius 2 is 2.12 bits per heavy atom. The molecule has 0 bridgehead atoms. The average Bonchev–Trinajstić information content (AvgIpc) is 3.17. The van der Waals surface area contributed by atoms with Crippen LogP contribution in [0.5, 0.6) is 6.01 Å². The summed E-state index contributed by atoms with van der Waals surface area (Å²) in [5, 5.41) is 10.6. The van der Waals surface area contributed by atoms with E-state index < -0.39 is 11.7 Å². The Balaban J connectivity index is 1.67. The van der Waals surface area contributed by atoms with Crippen LogP contribution >= 0.6 is 11.6 Å². The maximum atomic E-state index is 13.5. The Labute approximate surface area is 188 Å². The van der Waals surface area contributed by atoms with E-state index in [9.17, 15) is 13.2 Å². The summed E-state index contributed by atoms with van der Waals surface area (Å²) in [5.74, 6) is 0.399. The molecule has 1 fully saturated rings. The number of hydrogen-bond acceptors (Lipinski definition) is 6. The van der Waals surface area contributed by atoms with Gasteiger partial charge in [0.1, 0.15) is 6.10 Å². The van der Waals surface area contributed by atoms with Gasteiger partial charge in [-0.1, -0.05) is 31.5 Å². The number of nitrogens with zero attached hydrogens (tertiary/aromatic N) is 4. The van der Waals surface area contributed by atoms with Gasteiger partial charge in [0, 0.05) is 23.7 Å². The first-order chi connectivity index (χ1) is 15.2. The molecule has 1 aromatic carbocycles. The Morgan fingerprint density at radius 3 is 2.81 bits per heavy atom. The van der Waals surface area contributed by atoms with E-state index in [2.05, 4.69) is 25.7 Å². The molecule has 0 spiro atoms. The van der Waals surface area contributed by atoms with Gasteiger partial charge in [0.2, 0.25) is 5.95 Å². The highest BCUT2D eigenvalue weighted by Crippen LogP contribution is 2.34. The highest BCUT2D eigenvalue weighted by molar-refractivity contribution is 6.30. The molecule has 3 aromatic rings. The first-order valence-corrected chi connectivity index (χ1v) is 10.8. The maximum Gasteiger partial charge on any atom is 0.416 e. The van der Waals surface area contributed by atoms with Gasteiger partial charge in [-0.2, -0.15) is 32.8 Å². The molecule has 1 aliphatic heterocycles. The van der Waals surface area contributed by atoms with Crippen molar-refractivity contribution in [2.24, 2.45) is 0 Å². The van der Waals surface area contributed by atoms with Crippen molar-refractivity contribution in [1.82, 2.24) is 24.9 Å². The molecule has 32 heavy (non-hydrogen) atoms. The molecule has 0 saturated carbocycles. The summed E-state index contributed by atoms with van der Waals surface area (Å²) in [7, 11) is 0. The highest BCUT2D eigenvalue weighted by Gasteiger charge is 2.33. The van der Waals surface area contributed by atoms with Crippen LogP contribution in [0.1, 0.15) is 49.3 Å². The van der Waals surface area contributed by atoms with Crippen LogP contribution in [0, 0.1) is 0 Å². The SMILES string of the molecule is CC(C)c1cnn2c(NCc3ccc(Cl)cc3C(F)(F)F)nc(O[C@@H]3CCCNC3)nc12. The number of alkyl halides is 3. The quantitative estimate of drug-likeness (QED) is 0.548. The fraction of sp³-hybridized carbons (Fsp3) is 0.476. The Hall–Kier alpha value is -2.59. The van der Waals surface area contributed by atoms with Crippen molar-refractivity contribution >= 4 is 23.2 Å². The van der Waals surface area contributed by atoms with Crippen LogP contribution in [-0.4, -0.2) is 38.8 Å². The number of anilines is 1. The largest absolute Gasteiger partial charge is 0.459 e. The van der Waals surface area contributed by atoms with Crippen molar-refractivity contribution in [2.75, 3.05) is 18.4 Å². The normalized spacial score (nSPS) is 17.2. The van der Waals surface area contributed by atoms with E-state index >= 15 is 0 Å². The molecule has 11 heteroatoms.